The predicted molar refractivity (Wildman–Crippen MR) is 94.1 cm³/mol. The van der Waals surface area contributed by atoms with E-state index >= 15 is 0 Å². The lowest BCUT2D eigenvalue weighted by Crippen LogP contribution is -2.33. The molecule has 0 aromatic heterocycles. The van der Waals surface area contributed by atoms with E-state index in [1.807, 2.05) is 6.92 Å². The highest BCUT2D eigenvalue weighted by Gasteiger charge is 2.33. The van der Waals surface area contributed by atoms with Crippen molar-refractivity contribution in [1.29, 1.82) is 0 Å². The molecule has 1 amide bonds. The number of hydrogen-bond donors (Lipinski definition) is 1. The third-order valence-corrected chi connectivity index (χ3v) is 4.67. The minimum atomic E-state index is -1.00. The molecule has 26 heavy (non-hydrogen) atoms. The standard InChI is InChI=1S/C20H21F3N2O/c1-13(16-4-2-3-5-17(16)21)25(15-7-8-15)11-10-20(26)24-14-6-9-18(22)19(23)12-14/h2-6,9,12-13,15H,7-8,10-11H2,1H3,(H,24,26). The van der Waals surface area contributed by atoms with Crippen LogP contribution in [0.3, 0.4) is 0 Å². The molecule has 1 N–H and O–H groups in total. The number of nitrogens with zero attached hydrogens (tertiary/aromatic N) is 1. The number of carbonyl (C=O) groups excluding carboxylic acids is 1. The van der Waals surface area contributed by atoms with Crippen molar-refractivity contribution in [2.24, 2.45) is 0 Å². The predicted octanol–water partition coefficient (Wildman–Crippen LogP) is 4.66. The molecular formula is C20H21F3N2O. The molecule has 1 aliphatic rings. The number of halogens is 3. The van der Waals surface area contributed by atoms with Gasteiger partial charge in [0.15, 0.2) is 11.6 Å². The fourth-order valence-corrected chi connectivity index (χ4v) is 3.12. The van der Waals surface area contributed by atoms with Gasteiger partial charge in [0.25, 0.3) is 0 Å². The van der Waals surface area contributed by atoms with E-state index in [1.54, 1.807) is 18.2 Å². The Kier molecular flexibility index (Phi) is 5.61. The normalized spacial score (nSPS) is 15.1. The Morgan fingerprint density at radius 1 is 1.12 bits per heavy atom. The summed E-state index contributed by atoms with van der Waals surface area (Å²) in [6.07, 6.45) is 2.25. The molecule has 0 bridgehead atoms. The summed E-state index contributed by atoms with van der Waals surface area (Å²) in [7, 11) is 0. The van der Waals surface area contributed by atoms with Crippen LogP contribution in [0, 0.1) is 17.5 Å². The minimum Gasteiger partial charge on any atom is -0.326 e. The van der Waals surface area contributed by atoms with Crippen molar-refractivity contribution in [2.75, 3.05) is 11.9 Å². The second kappa shape index (κ2) is 7.91. The van der Waals surface area contributed by atoms with E-state index in [-0.39, 0.29) is 29.9 Å². The first kappa shape index (κ1) is 18.5. The molecule has 0 heterocycles. The van der Waals surface area contributed by atoms with E-state index in [0.717, 1.165) is 25.0 Å². The summed E-state index contributed by atoms with van der Waals surface area (Å²) in [4.78, 5) is 14.3. The summed E-state index contributed by atoms with van der Waals surface area (Å²) in [5.74, 6) is -2.50. The highest BCUT2D eigenvalue weighted by molar-refractivity contribution is 5.90. The third kappa shape index (κ3) is 4.43. The van der Waals surface area contributed by atoms with Gasteiger partial charge in [0.05, 0.1) is 0 Å². The van der Waals surface area contributed by atoms with Gasteiger partial charge in [0.2, 0.25) is 5.91 Å². The van der Waals surface area contributed by atoms with E-state index in [0.29, 0.717) is 18.2 Å². The Bertz CT molecular complexity index is 792. The SMILES string of the molecule is CC(c1ccccc1F)N(CCC(=O)Nc1ccc(F)c(F)c1)C1CC1. The van der Waals surface area contributed by atoms with Crippen LogP contribution in [0.25, 0.3) is 0 Å². The van der Waals surface area contributed by atoms with Gasteiger partial charge in [0, 0.05) is 42.4 Å². The van der Waals surface area contributed by atoms with Crippen LogP contribution < -0.4 is 5.32 Å². The average Bonchev–Trinajstić information content (AvgIpc) is 3.43. The third-order valence-electron chi connectivity index (χ3n) is 4.67. The summed E-state index contributed by atoms with van der Waals surface area (Å²) >= 11 is 0. The van der Waals surface area contributed by atoms with E-state index in [9.17, 15) is 18.0 Å². The lowest BCUT2D eigenvalue weighted by Gasteiger charge is -2.29. The Morgan fingerprint density at radius 3 is 2.50 bits per heavy atom. The molecule has 3 nitrogen and oxygen atoms in total. The molecule has 2 aromatic rings. The quantitative estimate of drug-likeness (QED) is 0.777. The maximum absolute atomic E-state index is 14.1. The van der Waals surface area contributed by atoms with Gasteiger partial charge in [-0.15, -0.1) is 0 Å². The number of hydrogen-bond acceptors (Lipinski definition) is 2. The van der Waals surface area contributed by atoms with Gasteiger partial charge in [-0.2, -0.15) is 0 Å². The Morgan fingerprint density at radius 2 is 1.85 bits per heavy atom. The summed E-state index contributed by atoms with van der Waals surface area (Å²) in [5, 5.41) is 2.57. The van der Waals surface area contributed by atoms with Crippen LogP contribution in [0.15, 0.2) is 42.5 Å². The summed E-state index contributed by atoms with van der Waals surface area (Å²) in [5.41, 5.74) is 0.828. The number of amides is 1. The Labute approximate surface area is 150 Å². The minimum absolute atomic E-state index is 0.139. The molecular weight excluding hydrogens is 341 g/mol. The fourth-order valence-electron chi connectivity index (χ4n) is 3.12. The van der Waals surface area contributed by atoms with E-state index < -0.39 is 11.6 Å². The second-order valence-corrected chi connectivity index (χ2v) is 6.59. The second-order valence-electron chi connectivity index (χ2n) is 6.59. The summed E-state index contributed by atoms with van der Waals surface area (Å²) in [6, 6.07) is 10.1. The first-order valence-corrected chi connectivity index (χ1v) is 8.71. The van der Waals surface area contributed by atoms with Crippen LogP contribution in [0.4, 0.5) is 18.9 Å². The zero-order valence-electron chi connectivity index (χ0n) is 14.5. The number of anilines is 1. The van der Waals surface area contributed by atoms with Crippen molar-refractivity contribution in [1.82, 2.24) is 4.90 Å². The number of carbonyl (C=O) groups is 1. The molecule has 1 atom stereocenters. The lowest BCUT2D eigenvalue weighted by molar-refractivity contribution is -0.116. The highest BCUT2D eigenvalue weighted by Crippen LogP contribution is 2.35. The van der Waals surface area contributed by atoms with Gasteiger partial charge in [-0.25, -0.2) is 13.2 Å². The van der Waals surface area contributed by atoms with E-state index in [2.05, 4.69) is 10.2 Å². The zero-order chi connectivity index (χ0) is 18.7. The Hall–Kier alpha value is -2.34. The summed E-state index contributed by atoms with van der Waals surface area (Å²) in [6.45, 7) is 2.40. The molecule has 6 heteroatoms. The molecule has 138 valence electrons. The molecule has 0 radical (unpaired) electrons. The van der Waals surface area contributed by atoms with Crippen molar-refractivity contribution in [3.05, 3.63) is 65.5 Å². The molecule has 2 aromatic carbocycles. The molecule has 1 saturated carbocycles. The largest absolute Gasteiger partial charge is 0.326 e. The molecule has 0 aliphatic heterocycles. The van der Waals surface area contributed by atoms with Crippen LogP contribution in [-0.2, 0) is 4.79 Å². The average molecular weight is 362 g/mol. The first-order chi connectivity index (χ1) is 12.5. The van der Waals surface area contributed by atoms with Gasteiger partial charge in [0.1, 0.15) is 5.82 Å². The number of nitrogens with one attached hydrogen (secondary N) is 1. The van der Waals surface area contributed by atoms with Crippen LogP contribution in [-0.4, -0.2) is 23.4 Å². The number of rotatable bonds is 7. The zero-order valence-corrected chi connectivity index (χ0v) is 14.5. The van der Waals surface area contributed by atoms with Gasteiger partial charge in [-0.1, -0.05) is 18.2 Å². The maximum Gasteiger partial charge on any atom is 0.225 e. The van der Waals surface area contributed by atoms with Crippen molar-refractivity contribution >= 4 is 11.6 Å². The van der Waals surface area contributed by atoms with Crippen LogP contribution >= 0.6 is 0 Å². The van der Waals surface area contributed by atoms with Crippen molar-refractivity contribution in [2.45, 2.75) is 38.3 Å². The van der Waals surface area contributed by atoms with Crippen LogP contribution in [0.2, 0.25) is 0 Å². The maximum atomic E-state index is 14.1. The number of benzene rings is 2. The van der Waals surface area contributed by atoms with E-state index in [4.69, 9.17) is 0 Å². The van der Waals surface area contributed by atoms with Crippen molar-refractivity contribution < 1.29 is 18.0 Å². The topological polar surface area (TPSA) is 32.3 Å². The molecule has 0 spiro atoms. The van der Waals surface area contributed by atoms with Crippen molar-refractivity contribution in [3.63, 3.8) is 0 Å². The highest BCUT2D eigenvalue weighted by atomic mass is 19.2. The van der Waals surface area contributed by atoms with Crippen LogP contribution in [0.1, 0.15) is 37.8 Å². The molecule has 0 saturated heterocycles. The van der Waals surface area contributed by atoms with Gasteiger partial charge < -0.3 is 5.32 Å². The van der Waals surface area contributed by atoms with Gasteiger partial charge >= 0.3 is 0 Å². The Balaban J connectivity index is 1.61. The van der Waals surface area contributed by atoms with Gasteiger partial charge in [-0.3, -0.25) is 9.69 Å². The smallest absolute Gasteiger partial charge is 0.225 e. The van der Waals surface area contributed by atoms with E-state index in [1.165, 1.54) is 12.1 Å². The first-order valence-electron chi connectivity index (χ1n) is 8.71. The fraction of sp³-hybridized carbons (Fsp3) is 0.350. The molecule has 1 unspecified atom stereocenters. The molecule has 1 aliphatic carbocycles. The van der Waals surface area contributed by atoms with Crippen LogP contribution in [0.5, 0.6) is 0 Å². The monoisotopic (exact) mass is 362 g/mol. The molecule has 3 rings (SSSR count). The molecule has 1 fully saturated rings. The summed E-state index contributed by atoms with van der Waals surface area (Å²) < 4.78 is 40.2. The lowest BCUT2D eigenvalue weighted by atomic mass is 10.1. The van der Waals surface area contributed by atoms with Gasteiger partial charge in [-0.05, 0) is 38.0 Å². The van der Waals surface area contributed by atoms with Crippen molar-refractivity contribution in [3.8, 4) is 0 Å².